The molecule has 37 heavy (non-hydrogen) atoms. The number of thiazole rings is 1. The van der Waals surface area contributed by atoms with Gasteiger partial charge in [0.2, 0.25) is 5.88 Å². The molecule has 198 valence electrons. The first-order valence-corrected chi connectivity index (χ1v) is 13.7. The van der Waals surface area contributed by atoms with Crippen LogP contribution >= 0.6 is 11.3 Å². The van der Waals surface area contributed by atoms with Crippen molar-refractivity contribution in [2.75, 3.05) is 19.7 Å². The van der Waals surface area contributed by atoms with E-state index in [1.807, 2.05) is 45.0 Å². The van der Waals surface area contributed by atoms with Gasteiger partial charge in [-0.2, -0.15) is 0 Å². The lowest BCUT2D eigenvalue weighted by molar-refractivity contribution is 0.0791. The van der Waals surface area contributed by atoms with Crippen LogP contribution in [-0.2, 0) is 6.42 Å². The molecule has 2 aliphatic heterocycles. The maximum atomic E-state index is 11.4. The molecular formula is C29H36N2O5S. The Morgan fingerprint density at radius 3 is 2.54 bits per heavy atom. The molecular weight excluding hydrogens is 488 g/mol. The molecule has 2 aromatic carbocycles. The molecule has 1 saturated heterocycles. The minimum Gasteiger partial charge on any atom is -0.507 e. The van der Waals surface area contributed by atoms with Crippen LogP contribution in [0, 0.1) is 20.8 Å². The molecule has 2 atom stereocenters. The van der Waals surface area contributed by atoms with Gasteiger partial charge in [-0.15, -0.1) is 0 Å². The summed E-state index contributed by atoms with van der Waals surface area (Å²) < 4.78 is 12.7. The number of aromatic hydroxyl groups is 2. The summed E-state index contributed by atoms with van der Waals surface area (Å²) >= 11 is 1.03. The fourth-order valence-electron chi connectivity index (χ4n) is 5.79. The molecule has 1 fully saturated rings. The summed E-state index contributed by atoms with van der Waals surface area (Å²) in [5.74, 6) is 2.24. The van der Waals surface area contributed by atoms with Gasteiger partial charge in [0.25, 0.3) is 0 Å². The Morgan fingerprint density at radius 1 is 1.14 bits per heavy atom. The number of aromatic nitrogens is 1. The van der Waals surface area contributed by atoms with Gasteiger partial charge in [-0.1, -0.05) is 23.5 Å². The van der Waals surface area contributed by atoms with E-state index >= 15 is 0 Å². The van der Waals surface area contributed by atoms with Gasteiger partial charge < -0.3 is 19.7 Å². The van der Waals surface area contributed by atoms with Crippen LogP contribution in [0.4, 0.5) is 0 Å². The topological polar surface area (TPSA) is 95.0 Å². The largest absolute Gasteiger partial charge is 0.507 e. The predicted molar refractivity (Wildman–Crippen MR) is 146 cm³/mol. The van der Waals surface area contributed by atoms with E-state index in [0.717, 1.165) is 76.6 Å². The number of nitrogens with zero attached hydrogens (tertiary/aromatic N) is 1. The summed E-state index contributed by atoms with van der Waals surface area (Å²) in [5, 5.41) is 20.6. The van der Waals surface area contributed by atoms with Crippen molar-refractivity contribution in [2.45, 2.75) is 71.4 Å². The number of phenolic OH excluding ortho intramolecular Hbond substituents is 1. The van der Waals surface area contributed by atoms with Crippen molar-refractivity contribution < 1.29 is 19.7 Å². The van der Waals surface area contributed by atoms with Crippen LogP contribution < -0.4 is 14.3 Å². The number of phenols is 1. The van der Waals surface area contributed by atoms with Crippen LogP contribution in [0.1, 0.15) is 65.3 Å². The van der Waals surface area contributed by atoms with Gasteiger partial charge in [0.1, 0.15) is 29.5 Å². The predicted octanol–water partition coefficient (Wildman–Crippen LogP) is 5.16. The van der Waals surface area contributed by atoms with Crippen LogP contribution in [-0.4, -0.2) is 51.4 Å². The van der Waals surface area contributed by atoms with Gasteiger partial charge in [0, 0.05) is 30.5 Å². The van der Waals surface area contributed by atoms with Crippen molar-refractivity contribution in [3.05, 3.63) is 66.6 Å². The second-order valence-corrected chi connectivity index (χ2v) is 12.0. The van der Waals surface area contributed by atoms with Crippen LogP contribution in [0.5, 0.6) is 23.1 Å². The molecule has 0 bridgehead atoms. The molecule has 0 saturated carbocycles. The summed E-state index contributed by atoms with van der Waals surface area (Å²) in [5.41, 5.74) is 4.65. The van der Waals surface area contributed by atoms with E-state index < -0.39 is 0 Å². The van der Waals surface area contributed by atoms with E-state index in [1.54, 1.807) is 0 Å². The van der Waals surface area contributed by atoms with Crippen molar-refractivity contribution >= 4 is 11.3 Å². The number of nitrogens with one attached hydrogen (secondary N) is 1. The van der Waals surface area contributed by atoms with Gasteiger partial charge in [0.15, 0.2) is 0 Å². The first-order chi connectivity index (χ1) is 17.5. The smallest absolute Gasteiger partial charge is 0.307 e. The summed E-state index contributed by atoms with van der Waals surface area (Å²) in [4.78, 5) is 16.7. The van der Waals surface area contributed by atoms with Crippen molar-refractivity contribution in [1.82, 2.24) is 9.88 Å². The molecule has 3 heterocycles. The van der Waals surface area contributed by atoms with Crippen LogP contribution in [0.25, 0.3) is 0 Å². The lowest BCUT2D eigenvalue weighted by atomic mass is 9.82. The Kier molecular flexibility index (Phi) is 6.75. The molecule has 5 rings (SSSR count). The van der Waals surface area contributed by atoms with Crippen LogP contribution in [0.15, 0.2) is 29.1 Å². The quantitative estimate of drug-likeness (QED) is 0.395. The average Bonchev–Trinajstić information content (AvgIpc) is 3.51. The van der Waals surface area contributed by atoms with Gasteiger partial charge in [-0.3, -0.25) is 14.7 Å². The van der Waals surface area contributed by atoms with E-state index in [2.05, 4.69) is 23.7 Å². The molecule has 7 nitrogen and oxygen atoms in total. The van der Waals surface area contributed by atoms with Crippen molar-refractivity contribution in [2.24, 2.45) is 0 Å². The van der Waals surface area contributed by atoms with E-state index in [4.69, 9.17) is 9.47 Å². The highest BCUT2D eigenvalue weighted by Crippen LogP contribution is 2.52. The monoisotopic (exact) mass is 524 g/mol. The minimum absolute atomic E-state index is 0.0502. The molecule has 3 N–H and O–H groups in total. The molecule has 0 spiro atoms. The highest BCUT2D eigenvalue weighted by molar-refractivity contribution is 7.09. The van der Waals surface area contributed by atoms with Gasteiger partial charge in [-0.25, -0.2) is 0 Å². The van der Waals surface area contributed by atoms with E-state index in [9.17, 15) is 15.0 Å². The van der Waals surface area contributed by atoms with Crippen LogP contribution in [0.3, 0.4) is 0 Å². The zero-order chi connectivity index (χ0) is 26.5. The van der Waals surface area contributed by atoms with Crippen molar-refractivity contribution in [1.29, 1.82) is 0 Å². The fraction of sp³-hybridized carbons (Fsp3) is 0.483. The molecule has 2 aliphatic rings. The molecule has 0 aliphatic carbocycles. The Bertz CT molecular complexity index is 1360. The average molecular weight is 525 g/mol. The zero-order valence-electron chi connectivity index (χ0n) is 22.2. The third kappa shape index (κ3) is 4.84. The second kappa shape index (κ2) is 9.72. The van der Waals surface area contributed by atoms with Gasteiger partial charge in [-0.05, 0) is 88.4 Å². The number of aromatic amines is 1. The Hall–Kier alpha value is -2.97. The van der Waals surface area contributed by atoms with Crippen molar-refractivity contribution in [3.63, 3.8) is 0 Å². The maximum Gasteiger partial charge on any atom is 0.307 e. The summed E-state index contributed by atoms with van der Waals surface area (Å²) in [6.45, 7) is 12.8. The number of H-pyrrole nitrogens is 1. The summed E-state index contributed by atoms with van der Waals surface area (Å²) in [6.07, 6.45) is 2.72. The Labute approximate surface area is 221 Å². The fourth-order valence-corrected chi connectivity index (χ4v) is 6.54. The summed E-state index contributed by atoms with van der Waals surface area (Å²) in [7, 11) is 0. The van der Waals surface area contributed by atoms with Gasteiger partial charge >= 0.3 is 4.87 Å². The standard InChI is InChI=1S/C29H36N2O5S/c1-16-17(2)26-24(18(3)25(16)32)22(29(4,5)36-26)14-31-12-6-7-20(31)15-35-21-10-8-19(9-11-21)13-23-27(33)30-28(34)37-23/h8-11,20,22,32-33H,6-7,12-15H2,1-5H3,(H,30,34)/t20-,22?/m1/s1. The highest BCUT2D eigenvalue weighted by Gasteiger charge is 2.45. The highest BCUT2D eigenvalue weighted by atomic mass is 32.1. The third-order valence-corrected chi connectivity index (χ3v) is 9.03. The number of likely N-dealkylation sites (tertiary alicyclic amines) is 1. The summed E-state index contributed by atoms with van der Waals surface area (Å²) in [6, 6.07) is 8.15. The molecule has 1 unspecified atom stereocenters. The SMILES string of the molecule is Cc1c(C)c2c(c(C)c1O)C(CN1CCC[C@@H]1COc1ccc(Cc3sc(=O)[nH]c3O)cc1)C(C)(C)O2. The number of benzene rings is 2. The Morgan fingerprint density at radius 2 is 1.86 bits per heavy atom. The lowest BCUT2D eigenvalue weighted by Gasteiger charge is -2.33. The first-order valence-electron chi connectivity index (χ1n) is 12.9. The van der Waals surface area contributed by atoms with E-state index in [-0.39, 0.29) is 22.3 Å². The number of hydrogen-bond donors (Lipinski definition) is 3. The second-order valence-electron chi connectivity index (χ2n) is 10.9. The lowest BCUT2D eigenvalue weighted by Crippen LogP contribution is -2.42. The van der Waals surface area contributed by atoms with E-state index in [0.29, 0.717) is 29.7 Å². The van der Waals surface area contributed by atoms with Crippen LogP contribution in [0.2, 0.25) is 0 Å². The minimum atomic E-state index is -0.358. The van der Waals surface area contributed by atoms with Gasteiger partial charge in [0.05, 0.1) is 4.88 Å². The van der Waals surface area contributed by atoms with E-state index in [1.165, 1.54) is 0 Å². The zero-order valence-corrected chi connectivity index (χ0v) is 23.0. The number of hydrogen-bond acceptors (Lipinski definition) is 7. The third-order valence-electron chi connectivity index (χ3n) is 8.16. The molecule has 8 heteroatoms. The molecule has 3 aromatic rings. The normalized spacial score (nSPS) is 20.7. The maximum absolute atomic E-state index is 11.4. The molecule has 0 radical (unpaired) electrons. The molecule has 0 amide bonds. The van der Waals surface area contributed by atoms with Crippen molar-refractivity contribution in [3.8, 4) is 23.1 Å². The number of rotatable bonds is 7. The molecule has 1 aromatic heterocycles. The number of ether oxygens (including phenoxy) is 2. The Balaban J connectivity index is 1.25. The first kappa shape index (κ1) is 25.7. The number of fused-ring (bicyclic) bond motifs is 1.